The Morgan fingerprint density at radius 3 is 2.14 bits per heavy atom. The summed E-state index contributed by atoms with van der Waals surface area (Å²) in [5.74, 6) is -0.800. The average molecular weight is 877 g/mol. The second kappa shape index (κ2) is 21.0. The topological polar surface area (TPSA) is 346 Å². The third-order valence-corrected chi connectivity index (χ3v) is 11.4. The highest BCUT2D eigenvalue weighted by Gasteiger charge is 2.29. The first-order valence-electron chi connectivity index (χ1n) is 15.8. The molecule has 0 radical (unpaired) electrons. The molecule has 2 aromatic carbocycles. The molecule has 2 heterocycles. The van der Waals surface area contributed by atoms with Crippen molar-refractivity contribution in [2.75, 3.05) is 43.8 Å². The molecule has 4 rings (SSSR count). The molecule has 2 aromatic heterocycles. The molecule has 0 aliphatic rings. The van der Waals surface area contributed by atoms with Crippen LogP contribution in [0.4, 0.5) is 22.1 Å². The number of aliphatic carboxylic acids is 1. The maximum atomic E-state index is 12.5. The number of rotatable bonds is 14. The van der Waals surface area contributed by atoms with E-state index >= 15 is 0 Å². The second-order valence-electron chi connectivity index (χ2n) is 11.0. The number of urea groups is 1. The average Bonchev–Trinajstić information content (AvgIpc) is 3.15. The van der Waals surface area contributed by atoms with E-state index in [-0.39, 0.29) is 58.2 Å². The van der Waals surface area contributed by atoms with E-state index in [0.717, 1.165) is 12.3 Å². The number of nitrogen functional groups attached to an aromatic ring is 1. The van der Waals surface area contributed by atoms with Gasteiger partial charge in [-0.2, -0.15) is 18.4 Å². The van der Waals surface area contributed by atoms with Gasteiger partial charge in [0.15, 0.2) is 22.2 Å². The van der Waals surface area contributed by atoms with Gasteiger partial charge in [-0.15, -0.1) is 0 Å². The maximum Gasteiger partial charge on any atom is 0.335 e. The number of amides is 2. The summed E-state index contributed by atoms with van der Waals surface area (Å²) < 4.78 is 76.8. The van der Waals surface area contributed by atoms with Crippen LogP contribution in [0.15, 0.2) is 76.8 Å². The largest absolute Gasteiger partial charge is 0.481 e. The van der Waals surface area contributed by atoms with Crippen LogP contribution in [0.2, 0.25) is 5.02 Å². The van der Waals surface area contributed by atoms with Gasteiger partial charge in [-0.25, -0.2) is 22.9 Å². The lowest BCUT2D eigenvalue weighted by molar-refractivity contribution is -0.383. The number of benzene rings is 2. The van der Waals surface area contributed by atoms with Crippen LogP contribution in [-0.4, -0.2) is 97.6 Å². The zero-order valence-electron chi connectivity index (χ0n) is 30.4. The van der Waals surface area contributed by atoms with Crippen molar-refractivity contribution in [3.63, 3.8) is 0 Å². The number of sulfone groups is 1. The lowest BCUT2D eigenvalue weighted by Crippen LogP contribution is -2.36. The van der Waals surface area contributed by atoms with Gasteiger partial charge in [0.05, 0.1) is 31.0 Å². The number of carboxylic acids is 1. The summed E-state index contributed by atoms with van der Waals surface area (Å²) in [5, 5.41) is 20.3. The van der Waals surface area contributed by atoms with Gasteiger partial charge in [0, 0.05) is 25.1 Å². The van der Waals surface area contributed by atoms with Crippen molar-refractivity contribution in [1.29, 1.82) is 0 Å². The predicted molar refractivity (Wildman–Crippen MR) is 206 cm³/mol. The highest BCUT2D eigenvalue weighted by molar-refractivity contribution is 7.93. The molecular weight excluding hydrogens is 839 g/mol. The molecule has 2 amide bonds. The minimum Gasteiger partial charge on any atom is -0.481 e. The Balaban J connectivity index is 0.000000330. The molecular formula is C31H38ClN8O14PS2. The fraction of sp³-hybridized carbons (Fsp3) is 0.258. The molecule has 0 bridgehead atoms. The second-order valence-corrected chi connectivity index (χ2v) is 17.8. The van der Waals surface area contributed by atoms with Crippen molar-refractivity contribution in [2.45, 2.75) is 29.3 Å². The van der Waals surface area contributed by atoms with Crippen molar-refractivity contribution in [3.05, 3.63) is 82.0 Å². The van der Waals surface area contributed by atoms with E-state index in [1.54, 1.807) is 29.0 Å². The summed E-state index contributed by atoms with van der Waals surface area (Å²) >= 11 is 5.94. The number of nitro groups is 1. The molecule has 0 aliphatic heterocycles. The number of nitrogens with one attached hydrogen (secondary N) is 2. The highest BCUT2D eigenvalue weighted by Crippen LogP contribution is 2.39. The minimum absolute atomic E-state index is 0.0352. The first-order valence-corrected chi connectivity index (χ1v) is 21.6. The van der Waals surface area contributed by atoms with Gasteiger partial charge in [0.25, 0.3) is 15.7 Å². The Morgan fingerprint density at radius 2 is 1.63 bits per heavy atom. The lowest BCUT2D eigenvalue weighted by Gasteiger charge is -2.11. The zero-order valence-corrected chi connectivity index (χ0v) is 33.7. The molecule has 0 aliphatic carbocycles. The molecule has 0 fully saturated rings. The van der Waals surface area contributed by atoms with E-state index < -0.39 is 60.1 Å². The molecule has 8 N–H and O–H groups in total. The van der Waals surface area contributed by atoms with Crippen LogP contribution >= 0.6 is 19.0 Å². The van der Waals surface area contributed by atoms with Crippen LogP contribution in [0.25, 0.3) is 0 Å². The fourth-order valence-electron chi connectivity index (χ4n) is 3.85. The number of hydrogen-bond donors (Lipinski definition) is 6. The maximum absolute atomic E-state index is 12.5. The third-order valence-electron chi connectivity index (χ3n) is 6.72. The quantitative estimate of drug-likeness (QED) is 0.0457. The van der Waals surface area contributed by atoms with Crippen LogP contribution in [0.1, 0.15) is 13.3 Å². The van der Waals surface area contributed by atoms with Crippen LogP contribution < -0.4 is 35.7 Å². The Labute approximate surface area is 331 Å². The van der Waals surface area contributed by atoms with Crippen LogP contribution in [-0.2, 0) is 29.2 Å². The standard InChI is InChI=1S/C14H17N5O7S2.C12H9ClN2O3.C5H12NO4P/c1-4-27(21,22)9-6-5-7-15-12(9)28(23,24)19-14(20)18-13-16-10(25-2)8-11(17-13)26-3;13-11-10(18-8-4-2-1-3-5-8)7-6-9(12(11)14)15(16)17;1-11(9,10)3-2-4(6)5(7)8/h5-8H,4H2,1-3H3,(H2,16,17,18,19,20);1-7H,14H2;4H,2-3,6H2,1H3,(H,7,8)(H,9,10). The number of carbonyl (C=O) groups is 2. The van der Waals surface area contributed by atoms with E-state index in [4.69, 9.17) is 47.3 Å². The summed E-state index contributed by atoms with van der Waals surface area (Å²) in [6.45, 7) is 2.54. The molecule has 22 nitrogen and oxygen atoms in total. The van der Waals surface area contributed by atoms with E-state index in [9.17, 15) is 41.1 Å². The Bertz CT molecular complexity index is 2300. The van der Waals surface area contributed by atoms with Crippen LogP contribution in [0.5, 0.6) is 23.3 Å². The van der Waals surface area contributed by atoms with Crippen LogP contribution in [0, 0.1) is 10.1 Å². The number of nitro benzene ring substituents is 1. The summed E-state index contributed by atoms with van der Waals surface area (Å²) in [5.41, 5.74) is 10.3. The number of hydrogen-bond acceptors (Lipinski definition) is 17. The molecule has 0 saturated heterocycles. The van der Waals surface area contributed by atoms with Gasteiger partial charge in [-0.3, -0.25) is 24.8 Å². The first-order chi connectivity index (χ1) is 26.5. The van der Waals surface area contributed by atoms with Crippen molar-refractivity contribution in [2.24, 2.45) is 5.73 Å². The Morgan fingerprint density at radius 1 is 1.04 bits per heavy atom. The van der Waals surface area contributed by atoms with Crippen molar-refractivity contribution in [1.82, 2.24) is 19.7 Å². The SMILES string of the molecule is CCS(=O)(=O)c1cccnc1S(=O)(=O)NC(=O)Nc1nc(OC)cc(OC)n1.CP(=O)(O)CCC(N)C(=O)O.Nc1c([N+](=O)[O-])ccc(Oc2ccccc2)c1Cl. The molecule has 26 heteroatoms. The van der Waals surface area contributed by atoms with Gasteiger partial charge in [0.1, 0.15) is 33.1 Å². The van der Waals surface area contributed by atoms with E-state index in [1.165, 1.54) is 52.1 Å². The van der Waals surface area contributed by atoms with E-state index in [2.05, 4.69) is 20.3 Å². The minimum atomic E-state index is -4.61. The number of halogens is 1. The van der Waals surface area contributed by atoms with Crippen LogP contribution in [0.3, 0.4) is 0 Å². The Hall–Kier alpha value is -5.65. The fourth-order valence-corrected chi connectivity index (χ4v) is 7.36. The molecule has 0 spiro atoms. The zero-order chi connectivity index (χ0) is 43.1. The van der Waals surface area contributed by atoms with Crippen molar-refractivity contribution >= 4 is 68.2 Å². The summed E-state index contributed by atoms with van der Waals surface area (Å²) in [6.07, 6.45) is 1.09. The molecule has 4 aromatic rings. The first kappa shape index (κ1) is 47.5. The van der Waals surface area contributed by atoms with Crippen molar-refractivity contribution in [3.8, 4) is 23.3 Å². The summed E-state index contributed by atoms with van der Waals surface area (Å²) in [4.78, 5) is 51.8. The Kier molecular flexibility index (Phi) is 17.5. The predicted octanol–water partition coefficient (Wildman–Crippen LogP) is 3.50. The van der Waals surface area contributed by atoms with E-state index in [1.807, 2.05) is 6.07 Å². The number of pyridine rings is 1. The highest BCUT2D eigenvalue weighted by atomic mass is 35.5. The number of nitrogens with zero attached hydrogens (tertiary/aromatic N) is 4. The lowest BCUT2D eigenvalue weighted by atomic mass is 10.2. The van der Waals surface area contributed by atoms with Gasteiger partial charge >= 0.3 is 12.0 Å². The molecule has 2 atom stereocenters. The molecule has 310 valence electrons. The van der Waals surface area contributed by atoms with Crippen molar-refractivity contribution < 1.29 is 60.1 Å². The van der Waals surface area contributed by atoms with Gasteiger partial charge in [-0.05, 0) is 36.8 Å². The van der Waals surface area contributed by atoms with Gasteiger partial charge in [-0.1, -0.05) is 36.7 Å². The number of para-hydroxylation sites is 1. The summed E-state index contributed by atoms with van der Waals surface area (Å²) in [7, 11) is -8.95. The van der Waals surface area contributed by atoms with E-state index in [0.29, 0.717) is 5.75 Å². The number of anilines is 2. The summed E-state index contributed by atoms with van der Waals surface area (Å²) in [6, 6.07) is 13.1. The smallest absolute Gasteiger partial charge is 0.335 e. The molecule has 57 heavy (non-hydrogen) atoms. The molecule has 0 saturated carbocycles. The number of methoxy groups -OCH3 is 2. The number of ether oxygens (including phenoxy) is 3. The van der Waals surface area contributed by atoms with Gasteiger partial charge in [0.2, 0.25) is 17.7 Å². The number of aromatic nitrogens is 3. The number of carbonyl (C=O) groups excluding carboxylic acids is 1. The monoisotopic (exact) mass is 876 g/mol. The third kappa shape index (κ3) is 15.1. The number of nitrogens with two attached hydrogens (primary N) is 2. The number of sulfonamides is 1. The number of carboxylic acid groups (broad SMARTS) is 1. The normalized spacial score (nSPS) is 12.5. The van der Waals surface area contributed by atoms with Gasteiger partial charge < -0.3 is 35.7 Å². The molecule has 2 unspecified atom stereocenters.